The summed E-state index contributed by atoms with van der Waals surface area (Å²) >= 11 is 0. The Hall–Kier alpha value is -2.65. The van der Waals surface area contributed by atoms with Gasteiger partial charge >= 0.3 is 0 Å². The van der Waals surface area contributed by atoms with Crippen LogP contribution in [0.4, 0.5) is 0 Å². The van der Waals surface area contributed by atoms with E-state index < -0.39 is 0 Å². The summed E-state index contributed by atoms with van der Waals surface area (Å²) in [5, 5.41) is 15.8. The first-order valence-electron chi connectivity index (χ1n) is 6.44. The first kappa shape index (κ1) is 14.8. The minimum Gasteiger partial charge on any atom is -0.384 e. The maximum absolute atomic E-state index is 12.2. The van der Waals surface area contributed by atoms with Gasteiger partial charge in [-0.2, -0.15) is 5.10 Å². The molecule has 0 aromatic carbocycles. The standard InChI is InChI=1S/C15H16N4O2/c1-11-13(10-19(2)18-11)9-17-15(21)14-12(6-4-8-20)5-3-7-16-14/h3,5,7,10,20H,8-9H2,1-2H3,(H,17,21). The van der Waals surface area contributed by atoms with Crippen molar-refractivity contribution in [2.45, 2.75) is 13.5 Å². The molecule has 0 saturated heterocycles. The molecule has 0 aliphatic carbocycles. The second-order valence-electron chi connectivity index (χ2n) is 4.46. The predicted octanol–water partition coefficient (Wildman–Crippen LogP) is 0.397. The summed E-state index contributed by atoms with van der Waals surface area (Å²) < 4.78 is 1.70. The van der Waals surface area contributed by atoms with Crippen LogP contribution in [-0.2, 0) is 13.6 Å². The number of nitrogens with one attached hydrogen (secondary N) is 1. The Labute approximate surface area is 122 Å². The number of amides is 1. The fraction of sp³-hybridized carbons (Fsp3) is 0.267. The molecule has 0 fully saturated rings. The van der Waals surface area contributed by atoms with Crippen LogP contribution in [0.25, 0.3) is 0 Å². The van der Waals surface area contributed by atoms with Crippen LogP contribution in [0.3, 0.4) is 0 Å². The maximum atomic E-state index is 12.2. The van der Waals surface area contributed by atoms with Gasteiger partial charge in [0.05, 0.1) is 11.3 Å². The highest BCUT2D eigenvalue weighted by molar-refractivity contribution is 5.94. The fourth-order valence-corrected chi connectivity index (χ4v) is 1.90. The highest BCUT2D eigenvalue weighted by Gasteiger charge is 2.12. The summed E-state index contributed by atoms with van der Waals surface area (Å²) in [5.41, 5.74) is 2.57. The lowest BCUT2D eigenvalue weighted by molar-refractivity contribution is 0.0945. The van der Waals surface area contributed by atoms with Crippen LogP contribution in [0.5, 0.6) is 0 Å². The van der Waals surface area contributed by atoms with Gasteiger partial charge in [0.2, 0.25) is 0 Å². The Balaban J connectivity index is 2.12. The van der Waals surface area contributed by atoms with Gasteiger partial charge in [-0.05, 0) is 19.1 Å². The lowest BCUT2D eigenvalue weighted by Gasteiger charge is -2.05. The van der Waals surface area contributed by atoms with Crippen molar-refractivity contribution in [3.8, 4) is 11.8 Å². The van der Waals surface area contributed by atoms with E-state index in [2.05, 4.69) is 27.2 Å². The third kappa shape index (κ3) is 3.68. The van der Waals surface area contributed by atoms with Crippen molar-refractivity contribution in [1.82, 2.24) is 20.1 Å². The van der Waals surface area contributed by atoms with Gasteiger partial charge in [0.15, 0.2) is 0 Å². The normalized spacial score (nSPS) is 9.86. The maximum Gasteiger partial charge on any atom is 0.271 e. The molecule has 0 aliphatic rings. The molecule has 2 N–H and O–H groups in total. The van der Waals surface area contributed by atoms with Crippen LogP contribution in [0, 0.1) is 18.8 Å². The van der Waals surface area contributed by atoms with Gasteiger partial charge in [-0.1, -0.05) is 11.8 Å². The molecule has 0 bridgehead atoms. The smallest absolute Gasteiger partial charge is 0.271 e. The quantitative estimate of drug-likeness (QED) is 0.799. The number of aliphatic hydroxyl groups is 1. The Bertz CT molecular complexity index is 710. The number of rotatable bonds is 3. The van der Waals surface area contributed by atoms with Crippen LogP contribution < -0.4 is 5.32 Å². The Morgan fingerprint density at radius 1 is 1.52 bits per heavy atom. The SMILES string of the molecule is Cc1nn(C)cc1CNC(=O)c1ncccc1C#CCO. The van der Waals surface area contributed by atoms with Gasteiger partial charge in [0, 0.05) is 31.5 Å². The highest BCUT2D eigenvalue weighted by Crippen LogP contribution is 2.06. The van der Waals surface area contributed by atoms with Gasteiger partial charge in [-0.15, -0.1) is 0 Å². The summed E-state index contributed by atoms with van der Waals surface area (Å²) in [6.07, 6.45) is 3.40. The number of carbonyl (C=O) groups is 1. The molecule has 2 heterocycles. The fourth-order valence-electron chi connectivity index (χ4n) is 1.90. The lowest BCUT2D eigenvalue weighted by Crippen LogP contribution is -2.25. The third-order valence-corrected chi connectivity index (χ3v) is 2.88. The Morgan fingerprint density at radius 3 is 3.00 bits per heavy atom. The van der Waals surface area contributed by atoms with E-state index in [-0.39, 0.29) is 18.2 Å². The molecule has 0 radical (unpaired) electrons. The summed E-state index contributed by atoms with van der Waals surface area (Å²) in [4.78, 5) is 16.2. The van der Waals surface area contributed by atoms with Crippen LogP contribution in [0.1, 0.15) is 27.3 Å². The second-order valence-corrected chi connectivity index (χ2v) is 4.46. The topological polar surface area (TPSA) is 80.0 Å². The monoisotopic (exact) mass is 284 g/mol. The summed E-state index contributed by atoms with van der Waals surface area (Å²) in [5.74, 6) is 4.93. The molecule has 0 atom stereocenters. The molecule has 0 unspecified atom stereocenters. The van der Waals surface area contributed by atoms with Crippen molar-refractivity contribution in [3.63, 3.8) is 0 Å². The first-order chi connectivity index (χ1) is 10.1. The number of aromatic nitrogens is 3. The van der Waals surface area contributed by atoms with Gasteiger partial charge in [0.1, 0.15) is 12.3 Å². The van der Waals surface area contributed by atoms with Crippen molar-refractivity contribution < 1.29 is 9.90 Å². The van der Waals surface area contributed by atoms with Crippen LogP contribution in [0.15, 0.2) is 24.5 Å². The summed E-state index contributed by atoms with van der Waals surface area (Å²) in [7, 11) is 1.83. The Morgan fingerprint density at radius 2 is 2.33 bits per heavy atom. The van der Waals surface area contributed by atoms with Crippen LogP contribution in [0.2, 0.25) is 0 Å². The van der Waals surface area contributed by atoms with E-state index in [1.807, 2.05) is 20.2 Å². The minimum atomic E-state index is -0.305. The molecule has 2 aromatic heterocycles. The third-order valence-electron chi connectivity index (χ3n) is 2.88. The van der Waals surface area contributed by atoms with E-state index in [4.69, 9.17) is 5.11 Å². The molecule has 0 saturated carbocycles. The highest BCUT2D eigenvalue weighted by atomic mass is 16.2. The van der Waals surface area contributed by atoms with E-state index in [0.29, 0.717) is 12.1 Å². The molecule has 6 nitrogen and oxygen atoms in total. The molecule has 0 spiro atoms. The van der Waals surface area contributed by atoms with E-state index in [9.17, 15) is 4.79 Å². The Kier molecular flexibility index (Phi) is 4.69. The number of pyridine rings is 1. The average Bonchev–Trinajstić information content (AvgIpc) is 2.81. The minimum absolute atomic E-state index is 0.250. The average molecular weight is 284 g/mol. The van der Waals surface area contributed by atoms with E-state index in [1.165, 1.54) is 6.20 Å². The molecule has 6 heteroatoms. The van der Waals surface area contributed by atoms with Crippen molar-refractivity contribution in [2.75, 3.05) is 6.61 Å². The molecule has 21 heavy (non-hydrogen) atoms. The predicted molar refractivity (Wildman–Crippen MR) is 77.3 cm³/mol. The number of hydrogen-bond acceptors (Lipinski definition) is 4. The van der Waals surface area contributed by atoms with Crippen molar-refractivity contribution in [3.05, 3.63) is 47.0 Å². The zero-order valence-electron chi connectivity index (χ0n) is 11.9. The number of aliphatic hydroxyl groups excluding tert-OH is 1. The van der Waals surface area contributed by atoms with E-state index in [1.54, 1.807) is 16.8 Å². The molecule has 108 valence electrons. The van der Waals surface area contributed by atoms with Gasteiger partial charge in [0.25, 0.3) is 5.91 Å². The molecule has 1 amide bonds. The molecular weight excluding hydrogens is 268 g/mol. The molecule has 2 rings (SSSR count). The van der Waals surface area contributed by atoms with E-state index in [0.717, 1.165) is 11.3 Å². The number of nitrogens with zero attached hydrogens (tertiary/aromatic N) is 3. The van der Waals surface area contributed by atoms with Gasteiger partial charge in [-0.25, -0.2) is 4.98 Å². The largest absolute Gasteiger partial charge is 0.384 e. The second kappa shape index (κ2) is 6.68. The first-order valence-corrected chi connectivity index (χ1v) is 6.44. The van der Waals surface area contributed by atoms with Crippen molar-refractivity contribution in [1.29, 1.82) is 0 Å². The molecular formula is C15H16N4O2. The van der Waals surface area contributed by atoms with E-state index >= 15 is 0 Å². The lowest BCUT2D eigenvalue weighted by atomic mass is 10.2. The summed E-state index contributed by atoms with van der Waals surface area (Å²) in [6, 6.07) is 3.39. The molecule has 2 aromatic rings. The number of carbonyl (C=O) groups excluding carboxylic acids is 1. The summed E-state index contributed by atoms with van der Waals surface area (Å²) in [6.45, 7) is 2.01. The van der Waals surface area contributed by atoms with Gasteiger partial charge < -0.3 is 10.4 Å². The van der Waals surface area contributed by atoms with Crippen LogP contribution in [-0.4, -0.2) is 32.4 Å². The zero-order chi connectivity index (χ0) is 15.2. The zero-order valence-corrected chi connectivity index (χ0v) is 11.9. The number of hydrogen-bond donors (Lipinski definition) is 2. The van der Waals surface area contributed by atoms with Crippen molar-refractivity contribution in [2.24, 2.45) is 7.05 Å². The van der Waals surface area contributed by atoms with Gasteiger partial charge in [-0.3, -0.25) is 9.48 Å². The molecule has 0 aliphatic heterocycles. The van der Waals surface area contributed by atoms with Crippen LogP contribution >= 0.6 is 0 Å². The number of aryl methyl sites for hydroxylation is 2. The van der Waals surface area contributed by atoms with Crippen molar-refractivity contribution >= 4 is 5.91 Å².